The van der Waals surface area contributed by atoms with Crippen molar-refractivity contribution in [1.29, 1.82) is 0 Å². The van der Waals surface area contributed by atoms with Gasteiger partial charge in [-0.3, -0.25) is 0 Å². The average Bonchev–Trinajstić information content (AvgIpc) is 2.60. The van der Waals surface area contributed by atoms with Gasteiger partial charge in [-0.1, -0.05) is 12.0 Å². The molecule has 0 spiro atoms. The maximum atomic E-state index is 5.65. The number of hydrogen-bond acceptors (Lipinski definition) is 3. The molecule has 3 nitrogen and oxygen atoms in total. The van der Waals surface area contributed by atoms with Crippen LogP contribution in [0.4, 0.5) is 0 Å². The van der Waals surface area contributed by atoms with Gasteiger partial charge >= 0.3 is 0 Å². The van der Waals surface area contributed by atoms with E-state index in [1.807, 2.05) is 37.3 Å². The molecule has 0 bridgehead atoms. The van der Waals surface area contributed by atoms with E-state index < -0.39 is 0 Å². The summed E-state index contributed by atoms with van der Waals surface area (Å²) in [6, 6.07) is 12.0. The molecule has 0 aromatic heterocycles. The van der Waals surface area contributed by atoms with Crippen molar-refractivity contribution in [3.8, 4) is 40.7 Å². The Labute approximate surface area is 130 Å². The number of benzene rings is 2. The van der Waals surface area contributed by atoms with Gasteiger partial charge in [-0.05, 0) is 53.9 Å². The molecule has 0 radical (unpaired) electrons. The van der Waals surface area contributed by atoms with E-state index in [2.05, 4.69) is 12.0 Å². The molecule has 0 amide bonds. The molecule has 112 valence electrons. The molecule has 1 atom stereocenters. The van der Waals surface area contributed by atoms with Crippen LogP contribution >= 0.6 is 0 Å². The van der Waals surface area contributed by atoms with E-state index in [4.69, 9.17) is 20.6 Å². The van der Waals surface area contributed by atoms with E-state index in [0.29, 0.717) is 13.2 Å². The lowest BCUT2D eigenvalue weighted by Gasteiger charge is -2.19. The van der Waals surface area contributed by atoms with Crippen molar-refractivity contribution in [2.45, 2.75) is 12.8 Å². The van der Waals surface area contributed by atoms with Gasteiger partial charge in [-0.25, -0.2) is 0 Å². The van der Waals surface area contributed by atoms with Crippen LogP contribution < -0.4 is 14.2 Å². The monoisotopic (exact) mass is 294 g/mol. The minimum atomic E-state index is 0.0334. The molecule has 2 aromatic carbocycles. The predicted molar refractivity (Wildman–Crippen MR) is 86.7 cm³/mol. The molecule has 1 heterocycles. The Hall–Kier alpha value is -2.60. The Kier molecular flexibility index (Phi) is 3.93. The summed E-state index contributed by atoms with van der Waals surface area (Å²) in [5.74, 6) is 5.15. The first kappa shape index (κ1) is 14.3. The van der Waals surface area contributed by atoms with Crippen LogP contribution in [-0.2, 0) is 0 Å². The summed E-state index contributed by atoms with van der Waals surface area (Å²) in [6.07, 6.45) is 5.55. The standard InChI is InChI=1S/C19H18O3/c1-4-13(2)15-9-16(11-17(10-15)20-3)14-5-6-18-19(12-14)22-8-7-21-18/h1,5-6,9-13H,7-8H2,2-3H3. The molecule has 1 unspecified atom stereocenters. The summed E-state index contributed by atoms with van der Waals surface area (Å²) in [7, 11) is 1.66. The summed E-state index contributed by atoms with van der Waals surface area (Å²) in [5, 5.41) is 0. The quantitative estimate of drug-likeness (QED) is 0.804. The fourth-order valence-electron chi connectivity index (χ4n) is 2.48. The first-order valence-corrected chi connectivity index (χ1v) is 7.26. The smallest absolute Gasteiger partial charge is 0.161 e. The number of ether oxygens (including phenoxy) is 3. The summed E-state index contributed by atoms with van der Waals surface area (Å²) in [6.45, 7) is 3.17. The van der Waals surface area contributed by atoms with E-state index in [1.54, 1.807) is 7.11 Å². The number of hydrogen-bond donors (Lipinski definition) is 0. The van der Waals surface area contributed by atoms with Gasteiger partial charge in [0.25, 0.3) is 0 Å². The lowest BCUT2D eigenvalue weighted by molar-refractivity contribution is 0.171. The Balaban J connectivity index is 2.05. The molecule has 2 aromatic rings. The van der Waals surface area contributed by atoms with Crippen LogP contribution in [0.25, 0.3) is 11.1 Å². The van der Waals surface area contributed by atoms with Gasteiger partial charge in [-0.2, -0.15) is 0 Å². The second-order valence-corrected chi connectivity index (χ2v) is 5.24. The van der Waals surface area contributed by atoms with Gasteiger partial charge in [0.15, 0.2) is 11.5 Å². The van der Waals surface area contributed by atoms with E-state index in [0.717, 1.165) is 33.9 Å². The van der Waals surface area contributed by atoms with Crippen LogP contribution in [-0.4, -0.2) is 20.3 Å². The molecule has 3 heteroatoms. The molecule has 0 aliphatic carbocycles. The minimum Gasteiger partial charge on any atom is -0.497 e. The van der Waals surface area contributed by atoms with Crippen molar-refractivity contribution < 1.29 is 14.2 Å². The van der Waals surface area contributed by atoms with Gasteiger partial charge < -0.3 is 14.2 Å². The summed E-state index contributed by atoms with van der Waals surface area (Å²) >= 11 is 0. The van der Waals surface area contributed by atoms with Gasteiger partial charge in [-0.15, -0.1) is 6.42 Å². The van der Waals surface area contributed by atoms with Crippen LogP contribution in [0, 0.1) is 12.3 Å². The zero-order valence-electron chi connectivity index (χ0n) is 12.8. The third-order valence-corrected chi connectivity index (χ3v) is 3.79. The highest BCUT2D eigenvalue weighted by Gasteiger charge is 2.14. The molecule has 22 heavy (non-hydrogen) atoms. The van der Waals surface area contributed by atoms with E-state index in [9.17, 15) is 0 Å². The van der Waals surface area contributed by atoms with E-state index in [1.165, 1.54) is 0 Å². The Morgan fingerprint density at radius 3 is 2.55 bits per heavy atom. The molecule has 0 saturated carbocycles. The molecule has 0 N–H and O–H groups in total. The second-order valence-electron chi connectivity index (χ2n) is 5.24. The zero-order valence-corrected chi connectivity index (χ0v) is 12.8. The number of terminal acetylenes is 1. The summed E-state index contributed by atoms with van der Waals surface area (Å²) in [5.41, 5.74) is 3.16. The lowest BCUT2D eigenvalue weighted by atomic mass is 9.96. The highest BCUT2D eigenvalue weighted by molar-refractivity contribution is 5.70. The lowest BCUT2D eigenvalue weighted by Crippen LogP contribution is -2.15. The van der Waals surface area contributed by atoms with Crippen molar-refractivity contribution in [3.63, 3.8) is 0 Å². The number of methoxy groups -OCH3 is 1. The molecule has 0 fully saturated rings. The van der Waals surface area contributed by atoms with Crippen LogP contribution in [0.3, 0.4) is 0 Å². The number of rotatable bonds is 3. The molecule has 1 aliphatic heterocycles. The second kappa shape index (κ2) is 6.03. The zero-order chi connectivity index (χ0) is 15.5. The van der Waals surface area contributed by atoms with E-state index in [-0.39, 0.29) is 5.92 Å². The van der Waals surface area contributed by atoms with Crippen molar-refractivity contribution in [1.82, 2.24) is 0 Å². The van der Waals surface area contributed by atoms with Crippen LogP contribution in [0.15, 0.2) is 36.4 Å². The molecule has 3 rings (SSSR count). The van der Waals surface area contributed by atoms with Crippen molar-refractivity contribution in [2.75, 3.05) is 20.3 Å². The molecule has 0 saturated heterocycles. The third kappa shape index (κ3) is 2.73. The predicted octanol–water partition coefficient (Wildman–Crippen LogP) is 3.87. The highest BCUT2D eigenvalue weighted by Crippen LogP contribution is 2.36. The average molecular weight is 294 g/mol. The van der Waals surface area contributed by atoms with Crippen LogP contribution in [0.1, 0.15) is 18.4 Å². The van der Waals surface area contributed by atoms with Gasteiger partial charge in [0.05, 0.1) is 7.11 Å². The van der Waals surface area contributed by atoms with Gasteiger partial charge in [0, 0.05) is 5.92 Å². The van der Waals surface area contributed by atoms with Gasteiger partial charge in [0.1, 0.15) is 19.0 Å². The fraction of sp³-hybridized carbons (Fsp3) is 0.263. The third-order valence-electron chi connectivity index (χ3n) is 3.79. The van der Waals surface area contributed by atoms with Crippen molar-refractivity contribution in [3.05, 3.63) is 42.0 Å². The Morgan fingerprint density at radius 1 is 1.05 bits per heavy atom. The van der Waals surface area contributed by atoms with Crippen molar-refractivity contribution in [2.24, 2.45) is 0 Å². The first-order chi connectivity index (χ1) is 10.7. The van der Waals surface area contributed by atoms with Gasteiger partial charge in [0.2, 0.25) is 0 Å². The SMILES string of the molecule is C#CC(C)c1cc(OC)cc(-c2ccc3c(c2)OCCO3)c1. The highest BCUT2D eigenvalue weighted by atomic mass is 16.6. The maximum absolute atomic E-state index is 5.65. The van der Waals surface area contributed by atoms with E-state index >= 15 is 0 Å². The first-order valence-electron chi connectivity index (χ1n) is 7.26. The Bertz CT molecular complexity index is 728. The normalized spacial score (nSPS) is 14.0. The molecular formula is C19H18O3. The summed E-state index contributed by atoms with van der Waals surface area (Å²) < 4.78 is 16.6. The van der Waals surface area contributed by atoms with Crippen LogP contribution in [0.5, 0.6) is 17.2 Å². The summed E-state index contributed by atoms with van der Waals surface area (Å²) in [4.78, 5) is 0. The largest absolute Gasteiger partial charge is 0.497 e. The van der Waals surface area contributed by atoms with Crippen molar-refractivity contribution >= 4 is 0 Å². The topological polar surface area (TPSA) is 27.7 Å². The number of fused-ring (bicyclic) bond motifs is 1. The fourth-order valence-corrected chi connectivity index (χ4v) is 2.48. The Morgan fingerprint density at radius 2 is 1.82 bits per heavy atom. The van der Waals surface area contributed by atoms with Crippen LogP contribution in [0.2, 0.25) is 0 Å². The maximum Gasteiger partial charge on any atom is 0.161 e. The molecule has 1 aliphatic rings. The minimum absolute atomic E-state index is 0.0334. The molecular weight excluding hydrogens is 276 g/mol.